The number of allylic oxidation sites excluding steroid dienone is 2. The Bertz CT molecular complexity index is 425. The molecule has 1 heterocycles. The van der Waals surface area contributed by atoms with Crippen LogP contribution in [0.15, 0.2) is 17.8 Å². The molecule has 2 heteroatoms. The summed E-state index contributed by atoms with van der Waals surface area (Å²) in [5.41, 5.74) is 1.33. The van der Waals surface area contributed by atoms with Gasteiger partial charge in [0.2, 0.25) is 0 Å². The van der Waals surface area contributed by atoms with E-state index < -0.39 is 0 Å². The van der Waals surface area contributed by atoms with E-state index in [1.807, 2.05) is 6.20 Å². The van der Waals surface area contributed by atoms with E-state index in [0.29, 0.717) is 5.92 Å². The van der Waals surface area contributed by atoms with Gasteiger partial charge in [-0.05, 0) is 30.5 Å². The van der Waals surface area contributed by atoms with Gasteiger partial charge in [0, 0.05) is 11.4 Å². The first-order valence-electron chi connectivity index (χ1n) is 4.08. The summed E-state index contributed by atoms with van der Waals surface area (Å²) in [6, 6.07) is 0. The molecule has 0 spiro atoms. The van der Waals surface area contributed by atoms with Crippen molar-refractivity contribution < 1.29 is 0 Å². The van der Waals surface area contributed by atoms with Gasteiger partial charge in [0.15, 0.2) is 0 Å². The van der Waals surface area contributed by atoms with Crippen LogP contribution in [-0.4, -0.2) is 4.37 Å². The minimum Gasteiger partial charge on any atom is -0.200 e. The van der Waals surface area contributed by atoms with Crippen LogP contribution in [0.1, 0.15) is 13.8 Å². The van der Waals surface area contributed by atoms with Crippen LogP contribution in [0.3, 0.4) is 0 Å². The minimum atomic E-state index is 0.527. The molecular formula is C10H11NS. The van der Waals surface area contributed by atoms with Gasteiger partial charge in [-0.1, -0.05) is 24.6 Å². The molecule has 0 radical (unpaired) electrons. The van der Waals surface area contributed by atoms with Gasteiger partial charge >= 0.3 is 0 Å². The topological polar surface area (TPSA) is 12.9 Å². The first-order chi connectivity index (χ1) is 5.75. The van der Waals surface area contributed by atoms with Crippen molar-refractivity contribution in [3.8, 4) is 0 Å². The highest BCUT2D eigenvalue weighted by atomic mass is 32.1. The Hall–Kier alpha value is -0.890. The number of rotatable bonds is 0. The lowest BCUT2D eigenvalue weighted by Crippen LogP contribution is -2.17. The van der Waals surface area contributed by atoms with Crippen molar-refractivity contribution in [2.75, 3.05) is 0 Å². The fourth-order valence-corrected chi connectivity index (χ4v) is 2.24. The van der Waals surface area contributed by atoms with E-state index in [9.17, 15) is 0 Å². The second-order valence-corrected chi connectivity index (χ2v) is 4.06. The molecule has 1 aliphatic rings. The lowest BCUT2D eigenvalue weighted by atomic mass is 10.1. The van der Waals surface area contributed by atoms with Crippen LogP contribution >= 0.6 is 11.5 Å². The van der Waals surface area contributed by atoms with Crippen LogP contribution in [0.2, 0.25) is 0 Å². The van der Waals surface area contributed by atoms with Crippen molar-refractivity contribution in [1.82, 2.24) is 4.37 Å². The molecular weight excluding hydrogens is 166 g/mol. The van der Waals surface area contributed by atoms with Crippen LogP contribution in [-0.2, 0) is 0 Å². The smallest absolute Gasteiger partial charge is 0.0549 e. The number of nitrogens with zero attached hydrogens (tertiary/aromatic N) is 1. The van der Waals surface area contributed by atoms with Crippen molar-refractivity contribution >= 4 is 23.7 Å². The van der Waals surface area contributed by atoms with Gasteiger partial charge in [-0.25, -0.2) is 0 Å². The summed E-state index contributed by atoms with van der Waals surface area (Å²) in [6.07, 6.45) is 8.67. The SMILES string of the molecule is CC1=CC(C)C=c2cnsc2=C1. The molecule has 12 heavy (non-hydrogen) atoms. The Kier molecular flexibility index (Phi) is 1.85. The third kappa shape index (κ3) is 1.34. The molecule has 0 saturated carbocycles. The third-order valence-electron chi connectivity index (χ3n) is 1.95. The zero-order chi connectivity index (χ0) is 8.55. The summed E-state index contributed by atoms with van der Waals surface area (Å²) < 4.78 is 5.45. The highest BCUT2D eigenvalue weighted by Crippen LogP contribution is 2.07. The molecule has 0 aliphatic heterocycles. The van der Waals surface area contributed by atoms with E-state index in [1.165, 1.54) is 15.3 Å². The fourth-order valence-electron chi connectivity index (χ4n) is 1.49. The predicted octanol–water partition coefficient (Wildman–Crippen LogP) is 1.30. The molecule has 1 aliphatic carbocycles. The lowest BCUT2D eigenvalue weighted by Gasteiger charge is -1.95. The summed E-state index contributed by atoms with van der Waals surface area (Å²) in [6.45, 7) is 4.34. The van der Waals surface area contributed by atoms with E-state index in [4.69, 9.17) is 0 Å². The standard InChI is InChI=1S/C10H11NS/c1-7-3-8(2)5-10-9(4-7)6-11-12-10/h3-7H,1-2H3. The Balaban J connectivity index is 2.74. The molecule has 1 aromatic rings. The average molecular weight is 177 g/mol. The molecule has 1 unspecified atom stereocenters. The van der Waals surface area contributed by atoms with Crippen LogP contribution in [0, 0.1) is 5.92 Å². The van der Waals surface area contributed by atoms with E-state index in [2.05, 4.69) is 36.4 Å². The van der Waals surface area contributed by atoms with Crippen LogP contribution in [0.4, 0.5) is 0 Å². The molecule has 0 N–H and O–H groups in total. The highest BCUT2D eigenvalue weighted by Gasteiger charge is 1.99. The van der Waals surface area contributed by atoms with Crippen molar-refractivity contribution in [1.29, 1.82) is 0 Å². The summed E-state index contributed by atoms with van der Waals surface area (Å²) in [7, 11) is 0. The van der Waals surface area contributed by atoms with E-state index in [-0.39, 0.29) is 0 Å². The van der Waals surface area contributed by atoms with Crippen molar-refractivity contribution in [2.24, 2.45) is 5.92 Å². The van der Waals surface area contributed by atoms with Gasteiger partial charge in [0.25, 0.3) is 0 Å². The Morgan fingerprint density at radius 2 is 2.25 bits per heavy atom. The Morgan fingerprint density at radius 1 is 1.42 bits per heavy atom. The average Bonchev–Trinajstić information content (AvgIpc) is 2.31. The molecule has 1 aromatic heterocycles. The fraction of sp³-hybridized carbons (Fsp3) is 0.300. The second-order valence-electron chi connectivity index (χ2n) is 3.23. The summed E-state index contributed by atoms with van der Waals surface area (Å²) >= 11 is 1.57. The number of hydrogen-bond acceptors (Lipinski definition) is 2. The summed E-state index contributed by atoms with van der Waals surface area (Å²) in [5, 5.41) is 1.28. The summed E-state index contributed by atoms with van der Waals surface area (Å²) in [5.74, 6) is 0.527. The lowest BCUT2D eigenvalue weighted by molar-refractivity contribution is 0.989. The first kappa shape index (κ1) is 7.74. The minimum absolute atomic E-state index is 0.527. The van der Waals surface area contributed by atoms with Crippen molar-refractivity contribution in [3.05, 3.63) is 27.6 Å². The number of fused-ring (bicyclic) bond motifs is 1. The number of hydrogen-bond donors (Lipinski definition) is 0. The molecule has 0 bridgehead atoms. The van der Waals surface area contributed by atoms with E-state index in [1.54, 1.807) is 11.5 Å². The van der Waals surface area contributed by atoms with E-state index >= 15 is 0 Å². The molecule has 0 aromatic carbocycles. The van der Waals surface area contributed by atoms with Crippen molar-refractivity contribution in [3.63, 3.8) is 0 Å². The van der Waals surface area contributed by atoms with Crippen LogP contribution < -0.4 is 9.75 Å². The molecule has 0 amide bonds. The molecule has 0 saturated heterocycles. The molecule has 2 rings (SSSR count). The largest absolute Gasteiger partial charge is 0.200 e. The Labute approximate surface area is 75.9 Å². The van der Waals surface area contributed by atoms with Crippen LogP contribution in [0.5, 0.6) is 0 Å². The zero-order valence-electron chi connectivity index (χ0n) is 7.24. The zero-order valence-corrected chi connectivity index (χ0v) is 8.06. The van der Waals surface area contributed by atoms with Gasteiger partial charge in [-0.3, -0.25) is 0 Å². The predicted molar refractivity (Wildman–Crippen MR) is 53.2 cm³/mol. The van der Waals surface area contributed by atoms with Crippen molar-refractivity contribution in [2.45, 2.75) is 13.8 Å². The molecule has 62 valence electrons. The molecule has 1 atom stereocenters. The summed E-state index contributed by atoms with van der Waals surface area (Å²) in [4.78, 5) is 0. The first-order valence-corrected chi connectivity index (χ1v) is 4.86. The highest BCUT2D eigenvalue weighted by molar-refractivity contribution is 7.03. The van der Waals surface area contributed by atoms with Gasteiger partial charge in [-0.15, -0.1) is 0 Å². The number of aromatic nitrogens is 1. The van der Waals surface area contributed by atoms with Gasteiger partial charge in [0.05, 0.1) is 4.53 Å². The van der Waals surface area contributed by atoms with E-state index in [0.717, 1.165) is 0 Å². The molecule has 0 fully saturated rings. The van der Waals surface area contributed by atoms with Gasteiger partial charge in [-0.2, -0.15) is 4.37 Å². The normalized spacial score (nSPS) is 21.5. The monoisotopic (exact) mass is 177 g/mol. The van der Waals surface area contributed by atoms with Gasteiger partial charge < -0.3 is 0 Å². The van der Waals surface area contributed by atoms with Gasteiger partial charge in [0.1, 0.15) is 0 Å². The molecule has 1 nitrogen and oxygen atoms in total. The maximum atomic E-state index is 4.17. The maximum Gasteiger partial charge on any atom is 0.0549 e. The maximum absolute atomic E-state index is 4.17. The quantitative estimate of drug-likeness (QED) is 0.582. The third-order valence-corrected chi connectivity index (χ3v) is 2.72. The second kappa shape index (κ2) is 2.87. The Morgan fingerprint density at radius 3 is 3.08 bits per heavy atom. The van der Waals surface area contributed by atoms with Crippen LogP contribution in [0.25, 0.3) is 12.2 Å².